The van der Waals surface area contributed by atoms with E-state index in [2.05, 4.69) is 55.5 Å². The van der Waals surface area contributed by atoms with Gasteiger partial charge in [0.2, 0.25) is 23.6 Å². The number of nitrogens with zero attached hydrogens (tertiary/aromatic N) is 1. The van der Waals surface area contributed by atoms with E-state index in [0.717, 1.165) is 37.7 Å². The first kappa shape index (κ1) is 66.2. The molecule has 0 unspecified atom stereocenters. The Balaban J connectivity index is 3.43. The highest BCUT2D eigenvalue weighted by atomic mass is 28.4. The molecule has 0 heterocycles. The lowest BCUT2D eigenvalue weighted by molar-refractivity contribution is -0.158. The number of likely N-dealkylation sites (N-methyl/N-ethyl adjacent to an activating group) is 1. The third-order valence-corrected chi connectivity index (χ3v) is 17.7. The first-order valence-corrected chi connectivity index (χ1v) is 29.3. The molecule has 5 amide bonds. The van der Waals surface area contributed by atoms with Crippen molar-refractivity contribution < 1.29 is 56.9 Å². The molecule has 0 aliphatic heterocycles. The van der Waals surface area contributed by atoms with Crippen LogP contribution in [0.25, 0.3) is 0 Å². The highest BCUT2D eigenvalue weighted by Gasteiger charge is 2.42. The van der Waals surface area contributed by atoms with Crippen LogP contribution in [-0.4, -0.2) is 124 Å². The maximum atomic E-state index is 14.6. The van der Waals surface area contributed by atoms with Crippen molar-refractivity contribution in [3.63, 3.8) is 0 Å². The number of alkyl carbamates (subject to hydrolysis) is 1. The van der Waals surface area contributed by atoms with Crippen LogP contribution in [0.15, 0.2) is 43.0 Å². The van der Waals surface area contributed by atoms with Crippen molar-refractivity contribution in [1.29, 1.82) is 0 Å². The molecule has 18 heteroatoms. The third kappa shape index (κ3) is 24.8. The Morgan fingerprint density at radius 1 is 0.795 bits per heavy atom. The van der Waals surface area contributed by atoms with Gasteiger partial charge in [-0.25, -0.2) is 9.59 Å². The molecule has 0 saturated carbocycles. The minimum Gasteiger partial charge on any atom is -0.460 e. The summed E-state index contributed by atoms with van der Waals surface area (Å²) in [6.45, 7) is 31.3. The van der Waals surface area contributed by atoms with E-state index >= 15 is 0 Å². The van der Waals surface area contributed by atoms with Gasteiger partial charge in [-0.3, -0.25) is 24.0 Å². The lowest BCUT2D eigenvalue weighted by atomic mass is 9.94. The fraction of sp³-hybridized carbons (Fsp3) is 0.727. The van der Waals surface area contributed by atoms with Gasteiger partial charge in [-0.05, 0) is 82.5 Å². The van der Waals surface area contributed by atoms with Crippen LogP contribution in [-0.2, 0) is 58.7 Å². The smallest absolute Gasteiger partial charge is 0.408 e. The van der Waals surface area contributed by atoms with Gasteiger partial charge in [0.25, 0.3) is 0 Å². The minimum atomic E-state index is -2.43. The van der Waals surface area contributed by atoms with Gasteiger partial charge in [0.1, 0.15) is 43.0 Å². The molecule has 0 saturated heterocycles. The van der Waals surface area contributed by atoms with Crippen LogP contribution < -0.4 is 21.3 Å². The van der Waals surface area contributed by atoms with E-state index in [1.165, 1.54) is 18.0 Å². The second-order valence-electron chi connectivity index (χ2n) is 22.2. The second-order valence-corrected chi connectivity index (χ2v) is 27.0. The Kier molecular flexibility index (Phi) is 29.5. The summed E-state index contributed by atoms with van der Waals surface area (Å²) in [5, 5.41) is 10.7. The zero-order valence-electron chi connectivity index (χ0n) is 47.4. The van der Waals surface area contributed by atoms with Crippen LogP contribution in [0.3, 0.4) is 0 Å². The zero-order valence-corrected chi connectivity index (χ0v) is 48.4. The van der Waals surface area contributed by atoms with Crippen LogP contribution in [0, 0.1) is 17.8 Å². The van der Waals surface area contributed by atoms with E-state index in [0.29, 0.717) is 19.3 Å². The molecule has 0 aliphatic carbocycles. The van der Waals surface area contributed by atoms with Gasteiger partial charge in [-0.15, -0.1) is 0 Å². The predicted octanol–water partition coefficient (Wildman–Crippen LogP) is 8.54. The Morgan fingerprint density at radius 3 is 1.97 bits per heavy atom. The van der Waals surface area contributed by atoms with Crippen LogP contribution in [0.4, 0.5) is 4.79 Å². The molecule has 4 N–H and O–H groups in total. The van der Waals surface area contributed by atoms with E-state index in [4.69, 9.17) is 23.4 Å². The molecule has 0 radical (unpaired) electrons. The van der Waals surface area contributed by atoms with Gasteiger partial charge in [-0.1, -0.05) is 144 Å². The number of carbonyl (C=O) groups excluding carboxylic acids is 7. The molecule has 1 aromatic carbocycles. The number of benzene rings is 1. The summed E-state index contributed by atoms with van der Waals surface area (Å²) in [5.74, 6) is -5.24. The van der Waals surface area contributed by atoms with E-state index in [-0.39, 0.29) is 37.2 Å². The van der Waals surface area contributed by atoms with Gasteiger partial charge in [0, 0.05) is 7.05 Å². The maximum absolute atomic E-state index is 14.6. The molecule has 0 fully saturated rings. The maximum Gasteiger partial charge on any atom is 0.408 e. The van der Waals surface area contributed by atoms with Gasteiger partial charge in [0.15, 0.2) is 14.4 Å². The van der Waals surface area contributed by atoms with Crippen molar-refractivity contribution in [2.75, 3.05) is 26.8 Å². The topological polar surface area (TPSA) is 217 Å². The molecule has 1 aromatic rings. The molecular weight excluding hydrogens is 951 g/mol. The second kappa shape index (κ2) is 32.5. The van der Waals surface area contributed by atoms with Crippen molar-refractivity contribution in [1.82, 2.24) is 26.2 Å². The van der Waals surface area contributed by atoms with Crippen molar-refractivity contribution in [3.05, 3.63) is 48.6 Å². The third-order valence-electron chi connectivity index (χ3n) is 13.1. The van der Waals surface area contributed by atoms with Crippen LogP contribution in [0.1, 0.15) is 153 Å². The molecule has 0 bridgehead atoms. The molecule has 8 atom stereocenters. The Morgan fingerprint density at radius 2 is 1.41 bits per heavy atom. The molecular formula is C55H95N5O12Si. The van der Waals surface area contributed by atoms with E-state index in [9.17, 15) is 33.6 Å². The number of hydrogen-bond donors (Lipinski definition) is 4. The van der Waals surface area contributed by atoms with Crippen molar-refractivity contribution in [3.8, 4) is 0 Å². The lowest BCUT2D eigenvalue weighted by Crippen LogP contribution is -2.59. The van der Waals surface area contributed by atoms with Crippen LogP contribution in [0.2, 0.25) is 18.1 Å². The zero-order chi connectivity index (χ0) is 55.7. The molecule has 1 rings (SSSR count). The fourth-order valence-electron chi connectivity index (χ4n) is 7.57. The number of esters is 2. The summed E-state index contributed by atoms with van der Waals surface area (Å²) >= 11 is 0. The van der Waals surface area contributed by atoms with E-state index in [1.807, 2.05) is 64.2 Å². The van der Waals surface area contributed by atoms with Crippen LogP contribution >= 0.6 is 0 Å². The Labute approximate surface area is 439 Å². The average Bonchev–Trinajstić information content (AvgIpc) is 3.30. The molecule has 0 aliphatic rings. The first-order chi connectivity index (χ1) is 34.0. The molecule has 73 heavy (non-hydrogen) atoms. The summed E-state index contributed by atoms with van der Waals surface area (Å²) in [6.07, 6.45) is 5.61. The summed E-state index contributed by atoms with van der Waals surface area (Å²) in [5.41, 5.74) is 0.0264. The Hall–Kier alpha value is -4.81. The van der Waals surface area contributed by atoms with E-state index in [1.54, 1.807) is 41.5 Å². The largest absolute Gasteiger partial charge is 0.460 e. The highest BCUT2D eigenvalue weighted by molar-refractivity contribution is 6.74. The number of amides is 5. The van der Waals surface area contributed by atoms with Gasteiger partial charge >= 0.3 is 18.0 Å². The summed E-state index contributed by atoms with van der Waals surface area (Å²) < 4.78 is 29.1. The fourth-order valence-corrected chi connectivity index (χ4v) is 8.99. The Bertz CT molecular complexity index is 1890. The molecule has 0 aromatic heterocycles. The highest BCUT2D eigenvalue weighted by Crippen LogP contribution is 2.37. The average molecular weight is 1050 g/mol. The lowest BCUT2D eigenvalue weighted by Gasteiger charge is -2.40. The molecule has 416 valence electrons. The predicted molar refractivity (Wildman–Crippen MR) is 288 cm³/mol. The SMILES string of the molecule is C=CCOC(=O)[C@H](COCc1ccccc1)NC(=O)[C@@H](NC(=O)[C@H](CC(C)C)N(C)C(=O)[C@H](C)[C@@H](CCCCCCCC)OC(=O)CNC(=O)[C@@H](NC(=O)OC(C)(C)C)[C@H](C)O[Si](C)(C)C(C)(C)C)[C@H](C)CC. The summed E-state index contributed by atoms with van der Waals surface area (Å²) in [4.78, 5) is 98.2. The quantitative estimate of drug-likeness (QED) is 0.0171. The number of hydrogen-bond acceptors (Lipinski definition) is 12. The van der Waals surface area contributed by atoms with Crippen molar-refractivity contribution >= 4 is 50.0 Å². The number of unbranched alkanes of at least 4 members (excludes halogenated alkanes) is 5. The molecule has 17 nitrogen and oxygen atoms in total. The minimum absolute atomic E-state index is 0.0630. The van der Waals surface area contributed by atoms with Gasteiger partial charge in [-0.2, -0.15) is 0 Å². The van der Waals surface area contributed by atoms with E-state index < -0.39 is 110 Å². The number of nitrogens with one attached hydrogen (secondary N) is 4. The standard InChI is InChI=1S/C55H95N5O12Si/c1-18-21-22-23-24-28-31-44(70-45(61)34-56-49(63)47(59-53(67)71-54(9,10)11)40(8)72-73(16,17)55(12,13)14)39(7)51(65)60(15)43(33-37(4)5)48(62)58-46(38(6)20-3)50(64)57-42(52(66)69-32-19-2)36-68-35-41-29-26-25-27-30-41/h19,25-27,29-30,37-40,42-44,46-47H,2,18,20-24,28,31-36H2,1,3-17H3,(H,56,63)(H,57,64)(H,58,62)(H,59,67)/t38-,39-,40+,42+,43+,44-,46+,47+/m1/s1. The van der Waals surface area contributed by atoms with Gasteiger partial charge in [0.05, 0.1) is 25.2 Å². The van der Waals surface area contributed by atoms with Crippen molar-refractivity contribution in [2.45, 2.75) is 215 Å². The van der Waals surface area contributed by atoms with Crippen LogP contribution in [0.5, 0.6) is 0 Å². The number of ether oxygens (including phenoxy) is 4. The van der Waals surface area contributed by atoms with Crippen molar-refractivity contribution in [2.24, 2.45) is 17.8 Å². The number of carbonyl (C=O) groups is 7. The monoisotopic (exact) mass is 1050 g/mol. The normalized spacial score (nSPS) is 15.2. The summed E-state index contributed by atoms with van der Waals surface area (Å²) in [6, 6.07) is 4.79. The molecule has 0 spiro atoms. The van der Waals surface area contributed by atoms with Gasteiger partial charge < -0.3 is 49.5 Å². The number of rotatable bonds is 33. The summed E-state index contributed by atoms with van der Waals surface area (Å²) in [7, 11) is -0.913. The first-order valence-electron chi connectivity index (χ1n) is 26.4.